The van der Waals surface area contributed by atoms with Crippen molar-refractivity contribution < 1.29 is 9.48 Å². The molecule has 0 amide bonds. The minimum absolute atomic E-state index is 0.424. The van der Waals surface area contributed by atoms with E-state index in [4.69, 9.17) is 4.74 Å². The molecule has 0 aliphatic carbocycles. The second kappa shape index (κ2) is 6.35. The highest BCUT2D eigenvalue weighted by atomic mass is 16.5. The van der Waals surface area contributed by atoms with Gasteiger partial charge in [0.05, 0.1) is 7.11 Å². The summed E-state index contributed by atoms with van der Waals surface area (Å²) in [6.07, 6.45) is 4.29. The summed E-state index contributed by atoms with van der Waals surface area (Å²) < 4.78 is 6.08. The van der Waals surface area contributed by atoms with Crippen molar-refractivity contribution in [2.75, 3.05) is 13.7 Å². The van der Waals surface area contributed by atoms with E-state index in [1.807, 2.05) is 48.7 Å². The third-order valence-corrected chi connectivity index (χ3v) is 3.69. The lowest BCUT2D eigenvalue weighted by atomic mass is 10.1. The molecule has 3 aromatic rings. The van der Waals surface area contributed by atoms with E-state index in [-0.39, 0.29) is 0 Å². The fraction of sp³-hybridized carbons (Fsp3) is 0.167. The summed E-state index contributed by atoms with van der Waals surface area (Å²) in [5.74, 6) is 0.786. The van der Waals surface area contributed by atoms with Crippen molar-refractivity contribution in [2.24, 2.45) is 0 Å². The van der Waals surface area contributed by atoms with Gasteiger partial charge in [-0.1, -0.05) is 18.2 Å². The van der Waals surface area contributed by atoms with Gasteiger partial charge in [-0.15, -0.1) is 0 Å². The summed E-state index contributed by atoms with van der Waals surface area (Å²) in [5.41, 5.74) is 3.14. The molecule has 22 heavy (non-hydrogen) atoms. The van der Waals surface area contributed by atoms with Crippen LogP contribution in [0.4, 0.5) is 0 Å². The van der Waals surface area contributed by atoms with Gasteiger partial charge in [0.2, 0.25) is 0 Å². The SMILES string of the molecule is COc1ccc(/C=[N+](\[O-])CCc2c[nH]c3ccccc23)cc1. The van der Waals surface area contributed by atoms with Crippen LogP contribution in [-0.4, -0.2) is 29.6 Å². The van der Waals surface area contributed by atoms with E-state index in [9.17, 15) is 5.21 Å². The number of hydrogen-bond donors (Lipinski definition) is 1. The average Bonchev–Trinajstić information content (AvgIpc) is 2.97. The van der Waals surface area contributed by atoms with Gasteiger partial charge in [-0.25, -0.2) is 4.74 Å². The smallest absolute Gasteiger partial charge is 0.181 e. The Morgan fingerprint density at radius 1 is 1.14 bits per heavy atom. The van der Waals surface area contributed by atoms with Crippen molar-refractivity contribution in [1.82, 2.24) is 4.98 Å². The summed E-state index contributed by atoms with van der Waals surface area (Å²) in [5, 5.41) is 13.2. The van der Waals surface area contributed by atoms with Crippen LogP contribution in [0.3, 0.4) is 0 Å². The Balaban J connectivity index is 1.68. The van der Waals surface area contributed by atoms with Crippen LogP contribution in [0.25, 0.3) is 10.9 Å². The Hall–Kier alpha value is -2.75. The van der Waals surface area contributed by atoms with Crippen LogP contribution in [0.1, 0.15) is 11.1 Å². The summed E-state index contributed by atoms with van der Waals surface area (Å²) in [6, 6.07) is 15.6. The number of aromatic amines is 1. The van der Waals surface area contributed by atoms with E-state index in [1.165, 1.54) is 10.9 Å². The second-order valence-electron chi connectivity index (χ2n) is 5.15. The number of rotatable bonds is 5. The van der Waals surface area contributed by atoms with Crippen LogP contribution in [0.5, 0.6) is 5.75 Å². The zero-order chi connectivity index (χ0) is 15.4. The molecule has 0 saturated heterocycles. The molecule has 0 atom stereocenters. The van der Waals surface area contributed by atoms with E-state index in [2.05, 4.69) is 11.1 Å². The van der Waals surface area contributed by atoms with Crippen molar-refractivity contribution in [2.45, 2.75) is 6.42 Å². The lowest BCUT2D eigenvalue weighted by Crippen LogP contribution is -2.10. The second-order valence-corrected chi connectivity index (χ2v) is 5.15. The first-order valence-corrected chi connectivity index (χ1v) is 7.24. The van der Waals surface area contributed by atoms with Gasteiger partial charge < -0.3 is 14.9 Å². The van der Waals surface area contributed by atoms with Crippen LogP contribution < -0.4 is 4.74 Å². The number of nitrogens with zero attached hydrogens (tertiary/aromatic N) is 1. The molecule has 0 saturated carbocycles. The van der Waals surface area contributed by atoms with Gasteiger partial charge in [-0.05, 0) is 35.9 Å². The standard InChI is InChI=1S/C18H18N2O2/c1-22-16-8-6-14(7-9-16)13-20(21)11-10-15-12-19-18-5-3-2-4-17(15)18/h2-9,12-13,19H,10-11H2,1H3/b20-13-. The van der Waals surface area contributed by atoms with Crippen molar-refractivity contribution in [3.05, 3.63) is 71.1 Å². The van der Waals surface area contributed by atoms with E-state index in [1.54, 1.807) is 13.3 Å². The Morgan fingerprint density at radius 3 is 2.68 bits per heavy atom. The zero-order valence-corrected chi connectivity index (χ0v) is 12.5. The highest BCUT2D eigenvalue weighted by Gasteiger charge is 2.05. The largest absolute Gasteiger partial charge is 0.624 e. The maximum absolute atomic E-state index is 12.0. The molecule has 1 N–H and O–H groups in total. The van der Waals surface area contributed by atoms with Crippen LogP contribution >= 0.6 is 0 Å². The highest BCUT2D eigenvalue weighted by Crippen LogP contribution is 2.18. The molecule has 0 unspecified atom stereocenters. The molecule has 0 radical (unpaired) electrons. The van der Waals surface area contributed by atoms with Crippen molar-refractivity contribution >= 4 is 17.1 Å². The first-order chi connectivity index (χ1) is 10.8. The van der Waals surface area contributed by atoms with Gasteiger partial charge in [-0.2, -0.15) is 0 Å². The molecule has 112 valence electrons. The van der Waals surface area contributed by atoms with E-state index in [0.29, 0.717) is 13.0 Å². The fourth-order valence-corrected chi connectivity index (χ4v) is 2.49. The summed E-state index contributed by atoms with van der Waals surface area (Å²) in [6.45, 7) is 0.424. The number of H-pyrrole nitrogens is 1. The van der Waals surface area contributed by atoms with Crippen molar-refractivity contribution in [3.63, 3.8) is 0 Å². The zero-order valence-electron chi connectivity index (χ0n) is 12.5. The Labute approximate surface area is 129 Å². The summed E-state index contributed by atoms with van der Waals surface area (Å²) in [7, 11) is 1.62. The molecule has 0 spiro atoms. The fourth-order valence-electron chi connectivity index (χ4n) is 2.49. The number of methoxy groups -OCH3 is 1. The molecule has 2 aromatic carbocycles. The van der Waals surface area contributed by atoms with E-state index in [0.717, 1.165) is 21.6 Å². The number of hydrogen-bond acceptors (Lipinski definition) is 2. The average molecular weight is 294 g/mol. The number of para-hydroxylation sites is 1. The third kappa shape index (κ3) is 3.11. The van der Waals surface area contributed by atoms with Gasteiger partial charge in [-0.3, -0.25) is 0 Å². The number of nitrogens with one attached hydrogen (secondary N) is 1. The molecule has 0 aliphatic heterocycles. The topological polar surface area (TPSA) is 51.1 Å². The summed E-state index contributed by atoms with van der Waals surface area (Å²) >= 11 is 0. The van der Waals surface area contributed by atoms with Gasteiger partial charge in [0.15, 0.2) is 12.8 Å². The third-order valence-electron chi connectivity index (χ3n) is 3.69. The van der Waals surface area contributed by atoms with Gasteiger partial charge >= 0.3 is 0 Å². The Bertz CT molecular complexity index is 788. The first kappa shape index (κ1) is 14.2. The lowest BCUT2D eigenvalue weighted by Gasteiger charge is -2.04. The molecule has 1 heterocycles. The molecule has 4 nitrogen and oxygen atoms in total. The quantitative estimate of drug-likeness (QED) is 0.339. The minimum Gasteiger partial charge on any atom is -0.624 e. The lowest BCUT2D eigenvalue weighted by molar-refractivity contribution is -0.451. The monoisotopic (exact) mass is 294 g/mol. The maximum Gasteiger partial charge on any atom is 0.181 e. The van der Waals surface area contributed by atoms with E-state index < -0.39 is 0 Å². The molecule has 3 rings (SSSR count). The highest BCUT2D eigenvalue weighted by molar-refractivity contribution is 5.83. The maximum atomic E-state index is 12.0. The minimum atomic E-state index is 0.424. The molecule has 0 aliphatic rings. The predicted molar refractivity (Wildman–Crippen MR) is 88.7 cm³/mol. The normalized spacial score (nSPS) is 11.8. The first-order valence-electron chi connectivity index (χ1n) is 7.24. The number of fused-ring (bicyclic) bond motifs is 1. The number of ether oxygens (including phenoxy) is 1. The van der Waals surface area contributed by atoms with Crippen molar-refractivity contribution in [1.29, 1.82) is 0 Å². The van der Waals surface area contributed by atoms with Crippen LogP contribution in [-0.2, 0) is 6.42 Å². The molecule has 4 heteroatoms. The molecule has 0 fully saturated rings. The van der Waals surface area contributed by atoms with Gasteiger partial charge in [0.1, 0.15) is 5.75 Å². The summed E-state index contributed by atoms with van der Waals surface area (Å²) in [4.78, 5) is 3.23. The van der Waals surface area contributed by atoms with Crippen LogP contribution in [0.2, 0.25) is 0 Å². The number of aromatic nitrogens is 1. The van der Waals surface area contributed by atoms with Gasteiger partial charge in [0.25, 0.3) is 0 Å². The molecular weight excluding hydrogens is 276 g/mol. The van der Waals surface area contributed by atoms with Crippen LogP contribution in [0, 0.1) is 5.21 Å². The van der Waals surface area contributed by atoms with E-state index >= 15 is 0 Å². The molecule has 0 bridgehead atoms. The number of benzene rings is 2. The predicted octanol–water partition coefficient (Wildman–Crippen LogP) is 3.35. The van der Waals surface area contributed by atoms with Gasteiger partial charge in [0, 0.05) is 29.1 Å². The van der Waals surface area contributed by atoms with Crippen molar-refractivity contribution in [3.8, 4) is 5.75 Å². The van der Waals surface area contributed by atoms with Crippen LogP contribution in [0.15, 0.2) is 54.7 Å². The Morgan fingerprint density at radius 2 is 1.91 bits per heavy atom. The molecule has 1 aromatic heterocycles. The number of hydroxylamine groups is 1. The Kier molecular flexibility index (Phi) is 4.10. The molecular formula is C18H18N2O2.